The second kappa shape index (κ2) is 8.31. The molecule has 3 nitrogen and oxygen atoms in total. The van der Waals surface area contributed by atoms with E-state index in [0.29, 0.717) is 12.5 Å². The Hall–Kier alpha value is -0.900. The van der Waals surface area contributed by atoms with Gasteiger partial charge in [0.15, 0.2) is 0 Å². The molecule has 19 heavy (non-hydrogen) atoms. The lowest BCUT2D eigenvalue weighted by molar-refractivity contribution is 0.0791. The van der Waals surface area contributed by atoms with Crippen LogP contribution >= 0.6 is 0 Å². The summed E-state index contributed by atoms with van der Waals surface area (Å²) in [6.07, 6.45) is 2.23. The number of hydrogen-bond donors (Lipinski definition) is 1. The van der Waals surface area contributed by atoms with Crippen LogP contribution in [0.3, 0.4) is 0 Å². The van der Waals surface area contributed by atoms with E-state index in [9.17, 15) is 0 Å². The largest absolute Gasteiger partial charge is 0.381 e. The summed E-state index contributed by atoms with van der Waals surface area (Å²) >= 11 is 0. The lowest BCUT2D eigenvalue weighted by Crippen LogP contribution is -2.16. The standard InChI is InChI=1S/C16H25NO2/c1-2-17-9-7-14-3-5-15(6-4-14)11-19-13-16-8-10-18-12-16/h3-6,16-17H,2,7-13H2,1H3. The van der Waals surface area contributed by atoms with Gasteiger partial charge in [-0.1, -0.05) is 31.2 Å². The summed E-state index contributed by atoms with van der Waals surface area (Å²) in [4.78, 5) is 0. The van der Waals surface area contributed by atoms with Gasteiger partial charge < -0.3 is 14.8 Å². The molecule has 3 heteroatoms. The van der Waals surface area contributed by atoms with E-state index >= 15 is 0 Å². The summed E-state index contributed by atoms with van der Waals surface area (Å²) in [5, 5.41) is 3.34. The van der Waals surface area contributed by atoms with Crippen molar-refractivity contribution in [3.05, 3.63) is 35.4 Å². The molecule has 0 spiro atoms. The Morgan fingerprint density at radius 1 is 1.26 bits per heavy atom. The van der Waals surface area contributed by atoms with Crippen LogP contribution in [0.15, 0.2) is 24.3 Å². The van der Waals surface area contributed by atoms with Gasteiger partial charge in [-0.2, -0.15) is 0 Å². The molecule has 0 radical (unpaired) electrons. The fourth-order valence-electron chi connectivity index (χ4n) is 2.27. The quantitative estimate of drug-likeness (QED) is 0.731. The molecule has 1 aromatic rings. The lowest BCUT2D eigenvalue weighted by Gasteiger charge is -2.09. The molecule has 1 saturated heterocycles. The predicted molar refractivity (Wildman–Crippen MR) is 77.3 cm³/mol. The van der Waals surface area contributed by atoms with Crippen molar-refractivity contribution in [3.8, 4) is 0 Å². The summed E-state index contributed by atoms with van der Waals surface area (Å²) in [6, 6.07) is 8.75. The summed E-state index contributed by atoms with van der Waals surface area (Å²) in [5.74, 6) is 0.597. The summed E-state index contributed by atoms with van der Waals surface area (Å²) in [5.41, 5.74) is 2.64. The van der Waals surface area contributed by atoms with Gasteiger partial charge in [-0.25, -0.2) is 0 Å². The van der Waals surface area contributed by atoms with Crippen molar-refractivity contribution in [3.63, 3.8) is 0 Å². The van der Waals surface area contributed by atoms with Crippen LogP contribution in [-0.2, 0) is 22.5 Å². The van der Waals surface area contributed by atoms with Gasteiger partial charge in [-0.05, 0) is 37.1 Å². The Kier molecular flexibility index (Phi) is 6.34. The number of rotatable bonds is 8. The zero-order chi connectivity index (χ0) is 13.3. The van der Waals surface area contributed by atoms with Crippen molar-refractivity contribution in [2.75, 3.05) is 32.9 Å². The number of nitrogens with one attached hydrogen (secondary N) is 1. The molecule has 1 fully saturated rings. The Bertz CT molecular complexity index is 344. The summed E-state index contributed by atoms with van der Waals surface area (Å²) in [7, 11) is 0. The third-order valence-electron chi connectivity index (χ3n) is 3.51. The first kappa shape index (κ1) is 14.5. The fourth-order valence-corrected chi connectivity index (χ4v) is 2.27. The van der Waals surface area contributed by atoms with Crippen molar-refractivity contribution >= 4 is 0 Å². The maximum atomic E-state index is 5.75. The number of likely N-dealkylation sites (N-methyl/N-ethyl adjacent to an activating group) is 1. The summed E-state index contributed by atoms with van der Waals surface area (Å²) in [6.45, 7) is 7.52. The average molecular weight is 263 g/mol. The van der Waals surface area contributed by atoms with Gasteiger partial charge in [-0.3, -0.25) is 0 Å². The third-order valence-corrected chi connectivity index (χ3v) is 3.51. The van der Waals surface area contributed by atoms with Crippen LogP contribution in [0.25, 0.3) is 0 Å². The van der Waals surface area contributed by atoms with E-state index in [4.69, 9.17) is 9.47 Å². The smallest absolute Gasteiger partial charge is 0.0717 e. The maximum Gasteiger partial charge on any atom is 0.0717 e. The molecule has 1 atom stereocenters. The minimum absolute atomic E-state index is 0.597. The SMILES string of the molecule is CCNCCc1ccc(COCC2CCOC2)cc1. The van der Waals surface area contributed by atoms with E-state index in [0.717, 1.165) is 45.8 Å². The molecular weight excluding hydrogens is 238 g/mol. The number of ether oxygens (including phenoxy) is 2. The first-order chi connectivity index (χ1) is 9.38. The first-order valence-electron chi connectivity index (χ1n) is 7.32. The normalized spacial score (nSPS) is 18.9. The van der Waals surface area contributed by atoms with Crippen LogP contribution in [0, 0.1) is 5.92 Å². The van der Waals surface area contributed by atoms with Crippen LogP contribution < -0.4 is 5.32 Å². The molecule has 0 aromatic heterocycles. The zero-order valence-electron chi connectivity index (χ0n) is 11.9. The van der Waals surface area contributed by atoms with Gasteiger partial charge in [0.05, 0.1) is 19.8 Å². The Labute approximate surface area is 116 Å². The minimum Gasteiger partial charge on any atom is -0.381 e. The average Bonchev–Trinajstić information content (AvgIpc) is 2.94. The molecule has 0 aliphatic carbocycles. The van der Waals surface area contributed by atoms with Crippen molar-refractivity contribution in [2.45, 2.75) is 26.4 Å². The Balaban J connectivity index is 1.66. The minimum atomic E-state index is 0.597. The van der Waals surface area contributed by atoms with E-state index in [1.807, 2.05) is 0 Å². The molecule has 0 saturated carbocycles. The van der Waals surface area contributed by atoms with Gasteiger partial charge in [0.25, 0.3) is 0 Å². The molecule has 1 aliphatic heterocycles. The number of benzene rings is 1. The summed E-state index contributed by atoms with van der Waals surface area (Å²) < 4.78 is 11.1. The van der Waals surface area contributed by atoms with Gasteiger partial charge in [0, 0.05) is 12.5 Å². The zero-order valence-corrected chi connectivity index (χ0v) is 11.9. The monoisotopic (exact) mass is 263 g/mol. The fraction of sp³-hybridized carbons (Fsp3) is 0.625. The highest BCUT2D eigenvalue weighted by Gasteiger charge is 2.15. The van der Waals surface area contributed by atoms with Crippen molar-refractivity contribution in [1.29, 1.82) is 0 Å². The highest BCUT2D eigenvalue weighted by molar-refractivity contribution is 5.22. The highest BCUT2D eigenvalue weighted by atomic mass is 16.5. The van der Waals surface area contributed by atoms with Crippen molar-refractivity contribution in [2.24, 2.45) is 5.92 Å². The van der Waals surface area contributed by atoms with Crippen molar-refractivity contribution in [1.82, 2.24) is 5.32 Å². The van der Waals surface area contributed by atoms with Crippen LogP contribution in [0.1, 0.15) is 24.5 Å². The van der Waals surface area contributed by atoms with Gasteiger partial charge in [-0.15, -0.1) is 0 Å². The number of hydrogen-bond acceptors (Lipinski definition) is 3. The molecule has 1 aliphatic rings. The second-order valence-electron chi connectivity index (χ2n) is 5.16. The second-order valence-corrected chi connectivity index (χ2v) is 5.16. The van der Waals surface area contributed by atoms with Gasteiger partial charge in [0.1, 0.15) is 0 Å². The van der Waals surface area contributed by atoms with E-state index < -0.39 is 0 Å². The topological polar surface area (TPSA) is 30.5 Å². The predicted octanol–water partition coefficient (Wildman–Crippen LogP) is 2.39. The van der Waals surface area contributed by atoms with Crippen LogP contribution in [0.5, 0.6) is 0 Å². The maximum absolute atomic E-state index is 5.75. The van der Waals surface area contributed by atoms with Gasteiger partial charge >= 0.3 is 0 Å². The van der Waals surface area contributed by atoms with Crippen LogP contribution in [0.2, 0.25) is 0 Å². The van der Waals surface area contributed by atoms with Crippen LogP contribution in [0.4, 0.5) is 0 Å². The molecule has 0 amide bonds. The van der Waals surface area contributed by atoms with Gasteiger partial charge in [0.2, 0.25) is 0 Å². The van der Waals surface area contributed by atoms with E-state index in [1.54, 1.807) is 0 Å². The molecule has 106 valence electrons. The first-order valence-corrected chi connectivity index (χ1v) is 7.32. The van der Waals surface area contributed by atoms with E-state index in [-0.39, 0.29) is 0 Å². The Morgan fingerprint density at radius 3 is 2.74 bits per heavy atom. The molecule has 1 unspecified atom stereocenters. The lowest BCUT2D eigenvalue weighted by atomic mass is 10.1. The molecule has 1 heterocycles. The molecule has 2 rings (SSSR count). The van der Waals surface area contributed by atoms with E-state index in [1.165, 1.54) is 11.1 Å². The van der Waals surface area contributed by atoms with E-state index in [2.05, 4.69) is 36.5 Å². The van der Waals surface area contributed by atoms with Crippen molar-refractivity contribution < 1.29 is 9.47 Å². The highest BCUT2D eigenvalue weighted by Crippen LogP contribution is 2.13. The molecule has 0 bridgehead atoms. The molecule has 1 N–H and O–H groups in total. The molecular formula is C16H25NO2. The molecule has 1 aromatic carbocycles. The van der Waals surface area contributed by atoms with Crippen LogP contribution in [-0.4, -0.2) is 32.9 Å². The Morgan fingerprint density at radius 2 is 2.05 bits per heavy atom. The third kappa shape index (κ3) is 5.31.